The van der Waals surface area contributed by atoms with E-state index in [2.05, 4.69) is 71.1 Å². The summed E-state index contributed by atoms with van der Waals surface area (Å²) in [4.78, 5) is 4.44. The van der Waals surface area contributed by atoms with Crippen LogP contribution in [0.3, 0.4) is 0 Å². The molecule has 32 heavy (non-hydrogen) atoms. The standard InChI is InChI=1S/C25H35N3O3.HI/c1-20-9-10-21(23(17-20)31-16-15-29-3)18-27-24(26-2)28-19-25(11-13-30-14-12-25)22-7-5-4-6-8-22;/h4-10,17H,11-16,18-19H2,1-3H3,(H2,26,27,28);1H. The number of nitrogens with zero attached hydrogens (tertiary/aromatic N) is 1. The summed E-state index contributed by atoms with van der Waals surface area (Å²) in [5.74, 6) is 1.66. The molecule has 3 rings (SSSR count). The third kappa shape index (κ3) is 7.35. The van der Waals surface area contributed by atoms with Gasteiger partial charge in [0.05, 0.1) is 6.61 Å². The molecule has 2 N–H and O–H groups in total. The molecular weight excluding hydrogens is 517 g/mol. The molecule has 1 saturated heterocycles. The lowest BCUT2D eigenvalue weighted by Crippen LogP contribution is -2.47. The van der Waals surface area contributed by atoms with Crippen molar-refractivity contribution in [1.29, 1.82) is 0 Å². The number of methoxy groups -OCH3 is 1. The van der Waals surface area contributed by atoms with Gasteiger partial charge in [-0.25, -0.2) is 0 Å². The maximum Gasteiger partial charge on any atom is 0.191 e. The van der Waals surface area contributed by atoms with E-state index in [0.717, 1.165) is 49.9 Å². The summed E-state index contributed by atoms with van der Waals surface area (Å²) in [6.07, 6.45) is 1.99. The van der Waals surface area contributed by atoms with Crippen LogP contribution in [0.4, 0.5) is 0 Å². The van der Waals surface area contributed by atoms with E-state index in [4.69, 9.17) is 14.2 Å². The van der Waals surface area contributed by atoms with E-state index >= 15 is 0 Å². The van der Waals surface area contributed by atoms with E-state index in [0.29, 0.717) is 19.8 Å². The quantitative estimate of drug-likeness (QED) is 0.212. The Morgan fingerprint density at radius 2 is 1.81 bits per heavy atom. The second-order valence-corrected chi connectivity index (χ2v) is 7.99. The van der Waals surface area contributed by atoms with Crippen molar-refractivity contribution in [3.05, 3.63) is 65.2 Å². The second-order valence-electron chi connectivity index (χ2n) is 7.99. The first-order chi connectivity index (χ1) is 15.2. The molecule has 0 bridgehead atoms. The Labute approximate surface area is 209 Å². The molecule has 1 aliphatic heterocycles. The maximum atomic E-state index is 5.91. The number of aryl methyl sites for hydroxylation is 1. The topological polar surface area (TPSA) is 64.1 Å². The van der Waals surface area contributed by atoms with Crippen molar-refractivity contribution < 1.29 is 14.2 Å². The number of ether oxygens (including phenoxy) is 3. The molecule has 6 nitrogen and oxygen atoms in total. The predicted molar refractivity (Wildman–Crippen MR) is 140 cm³/mol. The number of rotatable bonds is 9. The Morgan fingerprint density at radius 1 is 1.06 bits per heavy atom. The molecular formula is C25H36IN3O3. The molecule has 0 radical (unpaired) electrons. The molecule has 2 aromatic rings. The Balaban J connectivity index is 0.00000363. The average molecular weight is 553 g/mol. The number of nitrogens with one attached hydrogen (secondary N) is 2. The highest BCUT2D eigenvalue weighted by Crippen LogP contribution is 2.34. The molecule has 0 saturated carbocycles. The Kier molecular flexibility index (Phi) is 11.3. The summed E-state index contributed by atoms with van der Waals surface area (Å²) in [6, 6.07) is 17.0. The number of benzene rings is 2. The molecule has 0 spiro atoms. The Bertz CT molecular complexity index is 840. The Morgan fingerprint density at radius 3 is 2.50 bits per heavy atom. The van der Waals surface area contributed by atoms with Gasteiger partial charge in [0.15, 0.2) is 5.96 Å². The van der Waals surface area contributed by atoms with Crippen molar-refractivity contribution in [2.24, 2.45) is 4.99 Å². The zero-order chi connectivity index (χ0) is 21.9. The zero-order valence-corrected chi connectivity index (χ0v) is 21.7. The lowest BCUT2D eigenvalue weighted by Gasteiger charge is -2.38. The first-order valence-electron chi connectivity index (χ1n) is 11.0. The van der Waals surface area contributed by atoms with Crippen LogP contribution in [0.2, 0.25) is 0 Å². The van der Waals surface area contributed by atoms with Crippen LogP contribution in [0.15, 0.2) is 53.5 Å². The molecule has 0 amide bonds. The van der Waals surface area contributed by atoms with Gasteiger partial charge >= 0.3 is 0 Å². The second kappa shape index (κ2) is 13.6. The van der Waals surface area contributed by atoms with Crippen molar-refractivity contribution >= 4 is 29.9 Å². The van der Waals surface area contributed by atoms with Gasteiger partial charge in [0.1, 0.15) is 12.4 Å². The highest BCUT2D eigenvalue weighted by molar-refractivity contribution is 14.0. The van der Waals surface area contributed by atoms with Crippen molar-refractivity contribution in [2.75, 3.05) is 47.1 Å². The van der Waals surface area contributed by atoms with E-state index < -0.39 is 0 Å². The minimum atomic E-state index is 0. The first-order valence-corrected chi connectivity index (χ1v) is 11.0. The SMILES string of the molecule is CN=C(NCc1ccc(C)cc1OCCOC)NCC1(c2ccccc2)CCOCC1.I. The fraction of sp³-hybridized carbons (Fsp3) is 0.480. The highest BCUT2D eigenvalue weighted by atomic mass is 127. The van der Waals surface area contributed by atoms with Crippen LogP contribution in [-0.2, 0) is 21.4 Å². The molecule has 1 heterocycles. The summed E-state index contributed by atoms with van der Waals surface area (Å²) >= 11 is 0. The maximum absolute atomic E-state index is 5.91. The molecule has 2 aromatic carbocycles. The monoisotopic (exact) mass is 553 g/mol. The molecule has 0 aliphatic carbocycles. The third-order valence-electron chi connectivity index (χ3n) is 5.87. The molecule has 1 aliphatic rings. The van der Waals surface area contributed by atoms with Crippen LogP contribution >= 0.6 is 24.0 Å². The number of hydrogen-bond acceptors (Lipinski definition) is 4. The van der Waals surface area contributed by atoms with Crippen LogP contribution < -0.4 is 15.4 Å². The van der Waals surface area contributed by atoms with Crippen LogP contribution in [0.5, 0.6) is 5.75 Å². The number of hydrogen-bond donors (Lipinski definition) is 2. The van der Waals surface area contributed by atoms with Gasteiger partial charge in [0.2, 0.25) is 0 Å². The van der Waals surface area contributed by atoms with E-state index in [1.165, 1.54) is 11.1 Å². The molecule has 7 heteroatoms. The Hall–Kier alpha value is -1.84. The molecule has 176 valence electrons. The van der Waals surface area contributed by atoms with E-state index in [1.54, 1.807) is 14.2 Å². The van der Waals surface area contributed by atoms with Crippen molar-refractivity contribution in [3.63, 3.8) is 0 Å². The van der Waals surface area contributed by atoms with Crippen molar-refractivity contribution in [2.45, 2.75) is 31.7 Å². The molecule has 0 atom stereocenters. The largest absolute Gasteiger partial charge is 0.491 e. The highest BCUT2D eigenvalue weighted by Gasteiger charge is 2.34. The average Bonchev–Trinajstić information content (AvgIpc) is 2.81. The number of aliphatic imine (C=N–C) groups is 1. The van der Waals surface area contributed by atoms with E-state index in [9.17, 15) is 0 Å². The predicted octanol–water partition coefficient (Wildman–Crippen LogP) is 4.05. The molecule has 0 unspecified atom stereocenters. The van der Waals surface area contributed by atoms with Gasteiger partial charge < -0.3 is 24.8 Å². The lowest BCUT2D eigenvalue weighted by molar-refractivity contribution is 0.0514. The lowest BCUT2D eigenvalue weighted by atomic mass is 9.74. The summed E-state index contributed by atoms with van der Waals surface area (Å²) in [6.45, 7) is 6.17. The summed E-state index contributed by atoms with van der Waals surface area (Å²) in [5, 5.41) is 7.00. The van der Waals surface area contributed by atoms with Gasteiger partial charge in [-0.3, -0.25) is 4.99 Å². The van der Waals surface area contributed by atoms with Gasteiger partial charge in [0.25, 0.3) is 0 Å². The van der Waals surface area contributed by atoms with Crippen LogP contribution in [-0.4, -0.2) is 53.1 Å². The van der Waals surface area contributed by atoms with Crippen LogP contribution in [0.25, 0.3) is 0 Å². The molecule has 1 fully saturated rings. The van der Waals surface area contributed by atoms with E-state index in [1.807, 2.05) is 0 Å². The normalized spacial score (nSPS) is 15.5. The van der Waals surface area contributed by atoms with Crippen LogP contribution in [0.1, 0.15) is 29.5 Å². The van der Waals surface area contributed by atoms with Gasteiger partial charge in [-0.15, -0.1) is 24.0 Å². The van der Waals surface area contributed by atoms with Gasteiger partial charge in [-0.1, -0.05) is 42.5 Å². The summed E-state index contributed by atoms with van der Waals surface area (Å²) in [5.41, 5.74) is 3.67. The van der Waals surface area contributed by atoms with E-state index in [-0.39, 0.29) is 29.4 Å². The summed E-state index contributed by atoms with van der Waals surface area (Å²) < 4.78 is 16.7. The van der Waals surface area contributed by atoms with Crippen molar-refractivity contribution in [1.82, 2.24) is 10.6 Å². The number of guanidine groups is 1. The minimum Gasteiger partial charge on any atom is -0.491 e. The van der Waals surface area contributed by atoms with Gasteiger partial charge in [0, 0.05) is 51.4 Å². The zero-order valence-electron chi connectivity index (χ0n) is 19.4. The third-order valence-corrected chi connectivity index (χ3v) is 5.87. The fourth-order valence-corrected chi connectivity index (χ4v) is 3.95. The van der Waals surface area contributed by atoms with Gasteiger partial charge in [-0.2, -0.15) is 0 Å². The first kappa shape index (κ1) is 26.4. The number of halogens is 1. The smallest absolute Gasteiger partial charge is 0.191 e. The fourth-order valence-electron chi connectivity index (χ4n) is 3.95. The van der Waals surface area contributed by atoms with Gasteiger partial charge in [-0.05, 0) is 37.0 Å². The minimum absolute atomic E-state index is 0. The molecule has 0 aromatic heterocycles. The summed E-state index contributed by atoms with van der Waals surface area (Å²) in [7, 11) is 3.48. The van der Waals surface area contributed by atoms with Crippen LogP contribution in [0, 0.1) is 6.92 Å². The van der Waals surface area contributed by atoms with Crippen molar-refractivity contribution in [3.8, 4) is 5.75 Å².